The Morgan fingerprint density at radius 3 is 2.71 bits per heavy atom. The summed E-state index contributed by atoms with van der Waals surface area (Å²) in [7, 11) is 0. The third-order valence-electron chi connectivity index (χ3n) is 5.23. The van der Waals surface area contributed by atoms with Crippen LogP contribution >= 0.6 is 11.6 Å². The number of ether oxygens (including phenoxy) is 1. The molecule has 0 aromatic heterocycles. The van der Waals surface area contributed by atoms with Crippen LogP contribution in [0.1, 0.15) is 43.9 Å². The first kappa shape index (κ1) is 22.9. The zero-order chi connectivity index (χ0) is 22.2. The molecule has 0 bridgehead atoms. The van der Waals surface area contributed by atoms with Gasteiger partial charge in [0, 0.05) is 10.6 Å². The molecule has 6 heteroatoms. The number of hydrogen-bond donors (Lipinski definition) is 2. The molecule has 2 aromatic rings. The molecule has 1 aliphatic rings. The molecule has 0 amide bonds. The second-order valence-electron chi connectivity index (χ2n) is 7.42. The van der Waals surface area contributed by atoms with Crippen molar-refractivity contribution in [1.29, 1.82) is 0 Å². The number of halogens is 1. The Kier molecular flexibility index (Phi) is 8.15. The highest BCUT2D eigenvalue weighted by molar-refractivity contribution is 6.30. The summed E-state index contributed by atoms with van der Waals surface area (Å²) in [5, 5.41) is 16.2. The smallest absolute Gasteiger partial charge is 0.163 e. The van der Waals surface area contributed by atoms with E-state index in [2.05, 4.69) is 12.1 Å². The number of aliphatic hydroxyl groups excluding tert-OH is 1. The molecule has 0 saturated carbocycles. The lowest BCUT2D eigenvalue weighted by atomic mass is 9.82. The molecule has 3 atom stereocenters. The molecule has 1 aliphatic heterocycles. The second kappa shape index (κ2) is 11.0. The fourth-order valence-corrected chi connectivity index (χ4v) is 3.80. The zero-order valence-electron chi connectivity index (χ0n) is 17.9. The van der Waals surface area contributed by atoms with Crippen molar-refractivity contribution < 1.29 is 14.7 Å². The van der Waals surface area contributed by atoms with Crippen molar-refractivity contribution in [2.24, 2.45) is 16.8 Å². The van der Waals surface area contributed by atoms with E-state index in [4.69, 9.17) is 26.9 Å². The number of oxime groups is 1. The number of unbranched alkanes of at least 4 members (excludes halogenated alkanes) is 1. The summed E-state index contributed by atoms with van der Waals surface area (Å²) in [6.07, 6.45) is 5.74. The fraction of sp³-hybridized carbons (Fsp3) is 0.320. The summed E-state index contributed by atoms with van der Waals surface area (Å²) < 4.78 is 5.76. The summed E-state index contributed by atoms with van der Waals surface area (Å²) >= 11 is 6.20. The van der Waals surface area contributed by atoms with Gasteiger partial charge in [-0.15, -0.1) is 0 Å². The molecule has 5 nitrogen and oxygen atoms in total. The zero-order valence-corrected chi connectivity index (χ0v) is 18.6. The number of allylic oxidation sites excluding steroid dienone is 1. The standard InChI is InChI=1S/C25H29ClN2O3/c1-3-5-14-30-21-12-10-17(11-13-21)23-22(24(29)19(16-27)7-4-2)25(31-28-23)18-8-6-9-20(26)15-18/h4,6-13,15-16,22,24-25,29H,3,5,14,27H2,1-2H3/b7-4-,19-16+. The fourth-order valence-electron chi connectivity index (χ4n) is 3.60. The maximum absolute atomic E-state index is 11.3. The highest BCUT2D eigenvalue weighted by Gasteiger charge is 2.42. The van der Waals surface area contributed by atoms with Gasteiger partial charge in [-0.3, -0.25) is 0 Å². The minimum absolute atomic E-state index is 0.462. The van der Waals surface area contributed by atoms with Gasteiger partial charge in [-0.2, -0.15) is 0 Å². The molecule has 0 saturated heterocycles. The van der Waals surface area contributed by atoms with Crippen molar-refractivity contribution in [3.05, 3.63) is 88.6 Å². The lowest BCUT2D eigenvalue weighted by Gasteiger charge is -2.25. The van der Waals surface area contributed by atoms with Gasteiger partial charge in [-0.25, -0.2) is 0 Å². The maximum atomic E-state index is 11.3. The largest absolute Gasteiger partial charge is 0.494 e. The summed E-state index contributed by atoms with van der Waals surface area (Å²) in [5.41, 5.74) is 8.75. The van der Waals surface area contributed by atoms with Crippen LogP contribution in [0.15, 0.2) is 77.6 Å². The normalized spacial score (nSPS) is 19.9. The molecule has 0 aliphatic carbocycles. The summed E-state index contributed by atoms with van der Waals surface area (Å²) in [5.74, 6) is 0.341. The van der Waals surface area contributed by atoms with E-state index in [0.29, 0.717) is 22.9 Å². The first-order valence-electron chi connectivity index (χ1n) is 10.5. The van der Waals surface area contributed by atoms with E-state index in [-0.39, 0.29) is 0 Å². The maximum Gasteiger partial charge on any atom is 0.163 e. The van der Waals surface area contributed by atoms with Gasteiger partial charge in [-0.05, 0) is 67.1 Å². The molecule has 1 heterocycles. The number of nitrogens with zero attached hydrogens (tertiary/aromatic N) is 1. The lowest BCUT2D eigenvalue weighted by molar-refractivity contribution is 0.0271. The number of benzene rings is 2. The van der Waals surface area contributed by atoms with E-state index in [1.54, 1.807) is 12.1 Å². The quantitative estimate of drug-likeness (QED) is 0.404. The molecule has 2 aromatic carbocycles. The van der Waals surface area contributed by atoms with E-state index in [1.165, 1.54) is 6.20 Å². The van der Waals surface area contributed by atoms with Gasteiger partial charge >= 0.3 is 0 Å². The topological polar surface area (TPSA) is 77.1 Å². The van der Waals surface area contributed by atoms with Crippen LogP contribution in [0.4, 0.5) is 0 Å². The predicted molar refractivity (Wildman–Crippen MR) is 125 cm³/mol. The van der Waals surface area contributed by atoms with Crippen molar-refractivity contribution in [2.75, 3.05) is 6.61 Å². The van der Waals surface area contributed by atoms with Gasteiger partial charge in [0.1, 0.15) is 5.75 Å². The van der Waals surface area contributed by atoms with Crippen LogP contribution in [0.5, 0.6) is 5.75 Å². The van der Waals surface area contributed by atoms with Gasteiger partial charge in [0.05, 0.1) is 24.3 Å². The van der Waals surface area contributed by atoms with E-state index in [1.807, 2.05) is 55.5 Å². The first-order chi connectivity index (χ1) is 15.1. The van der Waals surface area contributed by atoms with Crippen LogP contribution < -0.4 is 10.5 Å². The Bertz CT molecular complexity index is 953. The molecule has 3 rings (SSSR count). The number of aliphatic hydroxyl groups is 1. The SMILES string of the molecule is C/C=C\C(=C/N)C(O)C1C(c2ccc(OCCCC)cc2)=NOC1c1cccc(Cl)c1. The van der Waals surface area contributed by atoms with Crippen LogP contribution in [0.25, 0.3) is 0 Å². The average molecular weight is 441 g/mol. The highest BCUT2D eigenvalue weighted by atomic mass is 35.5. The van der Waals surface area contributed by atoms with Crippen LogP contribution in [-0.4, -0.2) is 23.5 Å². The van der Waals surface area contributed by atoms with E-state index in [0.717, 1.165) is 29.7 Å². The summed E-state index contributed by atoms with van der Waals surface area (Å²) in [6.45, 7) is 4.69. The summed E-state index contributed by atoms with van der Waals surface area (Å²) in [4.78, 5) is 5.82. The molecule has 3 N–H and O–H groups in total. The highest BCUT2D eigenvalue weighted by Crippen LogP contribution is 2.40. The van der Waals surface area contributed by atoms with Crippen molar-refractivity contribution in [3.63, 3.8) is 0 Å². The van der Waals surface area contributed by atoms with Crippen LogP contribution in [-0.2, 0) is 4.84 Å². The van der Waals surface area contributed by atoms with Crippen molar-refractivity contribution in [3.8, 4) is 5.75 Å². The Hall–Kier alpha value is -2.76. The third-order valence-corrected chi connectivity index (χ3v) is 5.47. The Balaban J connectivity index is 1.92. The number of nitrogens with two attached hydrogens (primary N) is 1. The molecule has 0 radical (unpaired) electrons. The van der Waals surface area contributed by atoms with Crippen molar-refractivity contribution in [2.45, 2.75) is 38.9 Å². The van der Waals surface area contributed by atoms with E-state index >= 15 is 0 Å². The second-order valence-corrected chi connectivity index (χ2v) is 7.86. The summed E-state index contributed by atoms with van der Waals surface area (Å²) in [6, 6.07) is 15.1. The van der Waals surface area contributed by atoms with Crippen LogP contribution in [0.2, 0.25) is 5.02 Å². The lowest BCUT2D eigenvalue weighted by Crippen LogP contribution is -2.32. The molecule has 31 heavy (non-hydrogen) atoms. The Morgan fingerprint density at radius 2 is 2.06 bits per heavy atom. The van der Waals surface area contributed by atoms with E-state index < -0.39 is 18.1 Å². The minimum atomic E-state index is -0.910. The van der Waals surface area contributed by atoms with Crippen molar-refractivity contribution >= 4 is 17.3 Å². The van der Waals surface area contributed by atoms with Gasteiger partial charge in [0.2, 0.25) is 0 Å². The van der Waals surface area contributed by atoms with Crippen LogP contribution in [0.3, 0.4) is 0 Å². The van der Waals surface area contributed by atoms with Gasteiger partial charge in [0.15, 0.2) is 6.10 Å². The van der Waals surface area contributed by atoms with Crippen molar-refractivity contribution in [1.82, 2.24) is 0 Å². The van der Waals surface area contributed by atoms with Gasteiger partial charge < -0.3 is 20.4 Å². The average Bonchev–Trinajstić information content (AvgIpc) is 3.23. The molecule has 3 unspecified atom stereocenters. The molecule has 0 spiro atoms. The molecule has 0 fully saturated rings. The number of rotatable bonds is 9. The minimum Gasteiger partial charge on any atom is -0.494 e. The van der Waals surface area contributed by atoms with Gasteiger partial charge in [0.25, 0.3) is 0 Å². The van der Waals surface area contributed by atoms with Gasteiger partial charge in [-0.1, -0.05) is 54.4 Å². The van der Waals surface area contributed by atoms with Crippen LogP contribution in [0, 0.1) is 5.92 Å². The Labute approximate surface area is 188 Å². The molecule has 164 valence electrons. The third kappa shape index (κ3) is 5.49. The molecular formula is C25H29ClN2O3. The Morgan fingerprint density at radius 1 is 1.29 bits per heavy atom. The van der Waals surface area contributed by atoms with E-state index in [9.17, 15) is 5.11 Å². The number of hydrogen-bond acceptors (Lipinski definition) is 5. The molecular weight excluding hydrogens is 412 g/mol. The predicted octanol–water partition coefficient (Wildman–Crippen LogP) is 5.39. The first-order valence-corrected chi connectivity index (χ1v) is 10.9. The monoisotopic (exact) mass is 440 g/mol.